The summed E-state index contributed by atoms with van der Waals surface area (Å²) in [5.74, 6) is 1.93. The van der Waals surface area contributed by atoms with E-state index < -0.39 is 0 Å². The third-order valence-electron chi connectivity index (χ3n) is 3.59. The zero-order chi connectivity index (χ0) is 11.9. The summed E-state index contributed by atoms with van der Waals surface area (Å²) in [4.78, 5) is 0. The van der Waals surface area contributed by atoms with Gasteiger partial charge in [0, 0.05) is 23.6 Å². The van der Waals surface area contributed by atoms with Crippen molar-refractivity contribution < 1.29 is 9.47 Å². The fourth-order valence-corrected chi connectivity index (χ4v) is 2.08. The molecular formula is C13H19NO2. The molecule has 3 nitrogen and oxygen atoms in total. The van der Waals surface area contributed by atoms with Crippen LogP contribution in [0.15, 0.2) is 18.2 Å². The molecule has 1 aromatic rings. The summed E-state index contributed by atoms with van der Waals surface area (Å²) in [5, 5.41) is 0. The third-order valence-corrected chi connectivity index (χ3v) is 3.59. The van der Waals surface area contributed by atoms with E-state index in [1.165, 1.54) is 0 Å². The molecule has 2 N–H and O–H groups in total. The number of fused-ring (bicyclic) bond motifs is 1. The van der Waals surface area contributed by atoms with E-state index in [1.807, 2.05) is 18.2 Å². The normalized spacial score (nSPS) is 26.8. The van der Waals surface area contributed by atoms with Gasteiger partial charge in [0.25, 0.3) is 0 Å². The summed E-state index contributed by atoms with van der Waals surface area (Å²) in [6.45, 7) is 6.26. The summed E-state index contributed by atoms with van der Waals surface area (Å²) in [5.41, 5.74) is 7.06. The van der Waals surface area contributed by atoms with Gasteiger partial charge < -0.3 is 15.2 Å². The molecule has 0 fully saturated rings. The van der Waals surface area contributed by atoms with Gasteiger partial charge in [-0.3, -0.25) is 0 Å². The molecule has 0 radical (unpaired) electrons. The highest BCUT2D eigenvalue weighted by atomic mass is 16.5. The zero-order valence-electron chi connectivity index (χ0n) is 10.3. The van der Waals surface area contributed by atoms with Crippen LogP contribution in [0.1, 0.15) is 32.4 Å². The first-order chi connectivity index (χ1) is 7.45. The van der Waals surface area contributed by atoms with Crippen molar-refractivity contribution >= 4 is 0 Å². The quantitative estimate of drug-likeness (QED) is 0.792. The fraction of sp³-hybridized carbons (Fsp3) is 0.538. The Kier molecular flexibility index (Phi) is 2.58. The second-order valence-corrected chi connectivity index (χ2v) is 4.92. The standard InChI is InChI=1S/C13H19NO2/c1-8-12(14)10-6-5-9(15-4)7-11(10)16-13(8,2)3/h5-8,12H,14H2,1-4H3. The Balaban J connectivity index is 2.46. The van der Waals surface area contributed by atoms with E-state index in [0.29, 0.717) is 0 Å². The maximum atomic E-state index is 6.24. The van der Waals surface area contributed by atoms with Crippen LogP contribution >= 0.6 is 0 Å². The van der Waals surface area contributed by atoms with E-state index in [0.717, 1.165) is 17.1 Å². The lowest BCUT2D eigenvalue weighted by molar-refractivity contribution is 0.0198. The van der Waals surface area contributed by atoms with Gasteiger partial charge in [-0.05, 0) is 19.9 Å². The summed E-state index contributed by atoms with van der Waals surface area (Å²) < 4.78 is 11.2. The molecule has 88 valence electrons. The van der Waals surface area contributed by atoms with Crippen LogP contribution in [-0.2, 0) is 0 Å². The summed E-state index contributed by atoms with van der Waals surface area (Å²) in [6.07, 6.45) is 0. The van der Waals surface area contributed by atoms with Gasteiger partial charge in [-0.1, -0.05) is 13.0 Å². The second kappa shape index (κ2) is 3.67. The molecule has 0 amide bonds. The minimum atomic E-state index is -0.237. The van der Waals surface area contributed by atoms with Gasteiger partial charge in [0.1, 0.15) is 17.1 Å². The van der Waals surface area contributed by atoms with Crippen LogP contribution in [0, 0.1) is 5.92 Å². The minimum absolute atomic E-state index is 0.0182. The molecular weight excluding hydrogens is 202 g/mol. The number of hydrogen-bond donors (Lipinski definition) is 1. The minimum Gasteiger partial charge on any atom is -0.497 e. The molecule has 0 bridgehead atoms. The molecule has 2 atom stereocenters. The van der Waals surface area contributed by atoms with E-state index in [2.05, 4.69) is 20.8 Å². The molecule has 1 aromatic carbocycles. The van der Waals surface area contributed by atoms with Crippen molar-refractivity contribution in [1.29, 1.82) is 0 Å². The highest BCUT2D eigenvalue weighted by Gasteiger charge is 2.39. The molecule has 2 unspecified atom stereocenters. The molecule has 0 saturated heterocycles. The number of methoxy groups -OCH3 is 1. The Morgan fingerprint density at radius 1 is 1.38 bits per heavy atom. The van der Waals surface area contributed by atoms with Crippen molar-refractivity contribution in [3.8, 4) is 11.5 Å². The predicted octanol–water partition coefficient (Wildman–Crippen LogP) is 2.50. The van der Waals surface area contributed by atoms with Crippen molar-refractivity contribution in [1.82, 2.24) is 0 Å². The smallest absolute Gasteiger partial charge is 0.128 e. The Morgan fingerprint density at radius 3 is 2.69 bits per heavy atom. The lowest BCUT2D eigenvalue weighted by Crippen LogP contribution is -2.45. The number of ether oxygens (including phenoxy) is 2. The van der Waals surface area contributed by atoms with Gasteiger partial charge in [0.05, 0.1) is 7.11 Å². The second-order valence-electron chi connectivity index (χ2n) is 4.92. The first-order valence-electron chi connectivity index (χ1n) is 5.58. The Hall–Kier alpha value is -1.22. The number of hydrogen-bond acceptors (Lipinski definition) is 3. The van der Waals surface area contributed by atoms with E-state index >= 15 is 0 Å². The molecule has 0 spiro atoms. The van der Waals surface area contributed by atoms with Crippen LogP contribution in [0.25, 0.3) is 0 Å². The Labute approximate surface area is 96.5 Å². The highest BCUT2D eigenvalue weighted by Crippen LogP contribution is 2.43. The van der Waals surface area contributed by atoms with Crippen LogP contribution in [0.3, 0.4) is 0 Å². The molecule has 0 aliphatic carbocycles. The molecule has 0 saturated carbocycles. The topological polar surface area (TPSA) is 44.5 Å². The molecule has 3 heteroatoms. The molecule has 1 heterocycles. The van der Waals surface area contributed by atoms with Gasteiger partial charge in [0.15, 0.2) is 0 Å². The van der Waals surface area contributed by atoms with Gasteiger partial charge >= 0.3 is 0 Å². The summed E-state index contributed by atoms with van der Waals surface area (Å²) >= 11 is 0. The van der Waals surface area contributed by atoms with Crippen molar-refractivity contribution in [2.75, 3.05) is 7.11 Å². The van der Waals surface area contributed by atoms with Crippen molar-refractivity contribution in [3.63, 3.8) is 0 Å². The monoisotopic (exact) mass is 221 g/mol. The lowest BCUT2D eigenvalue weighted by atomic mass is 9.80. The number of nitrogens with two attached hydrogens (primary N) is 1. The highest BCUT2D eigenvalue weighted by molar-refractivity contribution is 5.44. The first-order valence-corrected chi connectivity index (χ1v) is 5.58. The zero-order valence-corrected chi connectivity index (χ0v) is 10.3. The summed E-state index contributed by atoms with van der Waals surface area (Å²) in [7, 11) is 1.65. The third kappa shape index (κ3) is 1.65. The lowest BCUT2D eigenvalue weighted by Gasteiger charge is -2.42. The van der Waals surface area contributed by atoms with Crippen LogP contribution < -0.4 is 15.2 Å². The SMILES string of the molecule is COc1ccc2c(c1)OC(C)(C)C(C)C2N. The van der Waals surface area contributed by atoms with Crippen LogP contribution in [0.2, 0.25) is 0 Å². The van der Waals surface area contributed by atoms with E-state index in [-0.39, 0.29) is 17.6 Å². The Bertz CT molecular complexity index is 401. The molecule has 16 heavy (non-hydrogen) atoms. The van der Waals surface area contributed by atoms with Crippen molar-refractivity contribution in [2.45, 2.75) is 32.4 Å². The van der Waals surface area contributed by atoms with E-state index in [9.17, 15) is 0 Å². The molecule has 0 aromatic heterocycles. The average molecular weight is 221 g/mol. The van der Waals surface area contributed by atoms with Gasteiger partial charge in [-0.15, -0.1) is 0 Å². The summed E-state index contributed by atoms with van der Waals surface area (Å²) in [6, 6.07) is 5.84. The van der Waals surface area contributed by atoms with Crippen LogP contribution in [0.5, 0.6) is 11.5 Å². The van der Waals surface area contributed by atoms with Gasteiger partial charge in [-0.2, -0.15) is 0 Å². The predicted molar refractivity (Wildman–Crippen MR) is 63.8 cm³/mol. The number of rotatable bonds is 1. The van der Waals surface area contributed by atoms with E-state index in [4.69, 9.17) is 15.2 Å². The maximum absolute atomic E-state index is 6.24. The maximum Gasteiger partial charge on any atom is 0.128 e. The molecule has 1 aliphatic heterocycles. The largest absolute Gasteiger partial charge is 0.497 e. The van der Waals surface area contributed by atoms with Crippen LogP contribution in [0.4, 0.5) is 0 Å². The van der Waals surface area contributed by atoms with Crippen LogP contribution in [-0.4, -0.2) is 12.7 Å². The molecule has 1 aliphatic rings. The first kappa shape index (κ1) is 11.3. The fourth-order valence-electron chi connectivity index (χ4n) is 2.08. The van der Waals surface area contributed by atoms with Gasteiger partial charge in [0.2, 0.25) is 0 Å². The van der Waals surface area contributed by atoms with E-state index in [1.54, 1.807) is 7.11 Å². The average Bonchev–Trinajstić information content (AvgIpc) is 2.25. The molecule has 2 rings (SSSR count). The number of benzene rings is 1. The van der Waals surface area contributed by atoms with Crippen molar-refractivity contribution in [3.05, 3.63) is 23.8 Å². The Morgan fingerprint density at radius 2 is 2.06 bits per heavy atom. The van der Waals surface area contributed by atoms with Crippen molar-refractivity contribution in [2.24, 2.45) is 11.7 Å². The van der Waals surface area contributed by atoms with Gasteiger partial charge in [-0.25, -0.2) is 0 Å².